The first-order valence-corrected chi connectivity index (χ1v) is 8.98. The van der Waals surface area contributed by atoms with E-state index >= 15 is 0 Å². The standard InChI is InChI=1S/C20H30N2O2/c1-5-6-7-9-15(2)20(23)24-18-11-8-10-17-19(18)16(14-21-17)12-13-22(3)4/h8,10-11,14-15,21H,5-7,9,12-13H2,1-4H3. The fourth-order valence-corrected chi connectivity index (χ4v) is 2.87. The molecule has 2 aromatic rings. The largest absolute Gasteiger partial charge is 0.426 e. The molecule has 1 atom stereocenters. The number of unbranched alkanes of at least 4 members (excludes halogenated alkanes) is 2. The van der Waals surface area contributed by atoms with E-state index in [-0.39, 0.29) is 11.9 Å². The van der Waals surface area contributed by atoms with Gasteiger partial charge in [0.25, 0.3) is 0 Å². The zero-order chi connectivity index (χ0) is 17.5. The van der Waals surface area contributed by atoms with Gasteiger partial charge in [-0.15, -0.1) is 0 Å². The van der Waals surface area contributed by atoms with Crippen molar-refractivity contribution in [2.24, 2.45) is 5.92 Å². The fourth-order valence-electron chi connectivity index (χ4n) is 2.87. The van der Waals surface area contributed by atoms with Crippen molar-refractivity contribution in [2.45, 2.75) is 46.0 Å². The summed E-state index contributed by atoms with van der Waals surface area (Å²) in [4.78, 5) is 17.9. The number of aromatic amines is 1. The van der Waals surface area contributed by atoms with Gasteiger partial charge in [0, 0.05) is 23.6 Å². The van der Waals surface area contributed by atoms with Crippen molar-refractivity contribution in [1.29, 1.82) is 0 Å². The van der Waals surface area contributed by atoms with Crippen LogP contribution in [0.3, 0.4) is 0 Å². The van der Waals surface area contributed by atoms with E-state index in [0.29, 0.717) is 5.75 Å². The van der Waals surface area contributed by atoms with E-state index in [4.69, 9.17) is 4.74 Å². The van der Waals surface area contributed by atoms with Crippen LogP contribution in [0, 0.1) is 5.92 Å². The van der Waals surface area contributed by atoms with Gasteiger partial charge in [0.05, 0.1) is 5.92 Å². The fraction of sp³-hybridized carbons (Fsp3) is 0.550. The highest BCUT2D eigenvalue weighted by Crippen LogP contribution is 2.30. The second-order valence-corrected chi connectivity index (χ2v) is 6.86. The summed E-state index contributed by atoms with van der Waals surface area (Å²) in [7, 11) is 4.13. The summed E-state index contributed by atoms with van der Waals surface area (Å²) in [5.74, 6) is 0.490. The van der Waals surface area contributed by atoms with Gasteiger partial charge in [-0.3, -0.25) is 4.79 Å². The Bertz CT molecular complexity index is 661. The molecule has 0 spiro atoms. The van der Waals surface area contributed by atoms with Crippen LogP contribution in [0.1, 0.15) is 45.1 Å². The lowest BCUT2D eigenvalue weighted by atomic mass is 10.0. The third-order valence-corrected chi connectivity index (χ3v) is 4.43. The lowest BCUT2D eigenvalue weighted by Gasteiger charge is -2.13. The Balaban J connectivity index is 2.13. The minimum absolute atomic E-state index is 0.0593. The lowest BCUT2D eigenvalue weighted by Crippen LogP contribution is -2.18. The molecular weight excluding hydrogens is 300 g/mol. The van der Waals surface area contributed by atoms with Gasteiger partial charge < -0.3 is 14.6 Å². The van der Waals surface area contributed by atoms with E-state index in [1.807, 2.05) is 31.3 Å². The predicted molar refractivity (Wildman–Crippen MR) is 99.5 cm³/mol. The van der Waals surface area contributed by atoms with Crippen LogP contribution < -0.4 is 4.74 Å². The molecule has 4 heteroatoms. The van der Waals surface area contributed by atoms with Crippen LogP contribution in [0.5, 0.6) is 5.75 Å². The van der Waals surface area contributed by atoms with Crippen molar-refractivity contribution < 1.29 is 9.53 Å². The number of benzene rings is 1. The minimum atomic E-state index is -0.127. The van der Waals surface area contributed by atoms with Crippen LogP contribution in [-0.4, -0.2) is 36.5 Å². The second kappa shape index (κ2) is 8.88. The van der Waals surface area contributed by atoms with Crippen molar-refractivity contribution in [3.05, 3.63) is 30.0 Å². The molecule has 0 aliphatic rings. The number of nitrogens with zero attached hydrogens (tertiary/aromatic N) is 1. The van der Waals surface area contributed by atoms with E-state index in [0.717, 1.165) is 36.7 Å². The highest BCUT2D eigenvalue weighted by Gasteiger charge is 2.18. The van der Waals surface area contributed by atoms with E-state index in [9.17, 15) is 4.79 Å². The Morgan fingerprint density at radius 2 is 2.08 bits per heavy atom. The Kier molecular flexibility index (Phi) is 6.85. The number of rotatable bonds is 9. The molecule has 0 bridgehead atoms. The number of hydrogen-bond donors (Lipinski definition) is 1. The average molecular weight is 330 g/mol. The normalized spacial score (nSPS) is 12.7. The molecule has 0 amide bonds. The van der Waals surface area contributed by atoms with Gasteiger partial charge in [0.15, 0.2) is 0 Å². The molecule has 24 heavy (non-hydrogen) atoms. The molecule has 0 aliphatic heterocycles. The molecule has 1 N–H and O–H groups in total. The molecule has 1 aromatic heterocycles. The highest BCUT2D eigenvalue weighted by molar-refractivity contribution is 5.91. The van der Waals surface area contributed by atoms with Crippen molar-refractivity contribution in [2.75, 3.05) is 20.6 Å². The molecule has 132 valence electrons. The molecule has 1 heterocycles. The van der Waals surface area contributed by atoms with Crippen LogP contribution in [-0.2, 0) is 11.2 Å². The summed E-state index contributed by atoms with van der Waals surface area (Å²) in [6.07, 6.45) is 7.25. The Labute approximate surface area is 145 Å². The van der Waals surface area contributed by atoms with E-state index in [1.54, 1.807) is 0 Å². The topological polar surface area (TPSA) is 45.3 Å². The first-order chi connectivity index (χ1) is 11.5. The van der Waals surface area contributed by atoms with Crippen LogP contribution in [0.4, 0.5) is 0 Å². The maximum Gasteiger partial charge on any atom is 0.314 e. The van der Waals surface area contributed by atoms with E-state index < -0.39 is 0 Å². The molecule has 0 radical (unpaired) electrons. The molecule has 0 saturated heterocycles. The molecule has 1 unspecified atom stereocenters. The summed E-state index contributed by atoms with van der Waals surface area (Å²) >= 11 is 0. The predicted octanol–water partition coefficient (Wildman–Crippen LogP) is 4.39. The van der Waals surface area contributed by atoms with Gasteiger partial charge in [-0.1, -0.05) is 39.2 Å². The molecule has 2 rings (SSSR count). The number of nitrogens with one attached hydrogen (secondary N) is 1. The Morgan fingerprint density at radius 3 is 2.79 bits per heavy atom. The van der Waals surface area contributed by atoms with Gasteiger partial charge in [-0.2, -0.15) is 0 Å². The first-order valence-electron chi connectivity index (χ1n) is 8.98. The van der Waals surface area contributed by atoms with Crippen molar-refractivity contribution in [3.8, 4) is 5.75 Å². The van der Waals surface area contributed by atoms with Crippen LogP contribution in [0.2, 0.25) is 0 Å². The summed E-state index contributed by atoms with van der Waals surface area (Å²) in [6, 6.07) is 5.85. The highest BCUT2D eigenvalue weighted by atomic mass is 16.5. The molecule has 4 nitrogen and oxygen atoms in total. The molecule has 0 aliphatic carbocycles. The molecule has 0 saturated carbocycles. The van der Waals surface area contributed by atoms with Gasteiger partial charge in [-0.05, 0) is 44.6 Å². The first kappa shape index (κ1) is 18.5. The van der Waals surface area contributed by atoms with Gasteiger partial charge in [0.2, 0.25) is 0 Å². The van der Waals surface area contributed by atoms with Gasteiger partial charge in [-0.25, -0.2) is 0 Å². The average Bonchev–Trinajstić information content (AvgIpc) is 2.97. The third kappa shape index (κ3) is 4.84. The summed E-state index contributed by atoms with van der Waals surface area (Å²) in [6.45, 7) is 5.09. The monoisotopic (exact) mass is 330 g/mol. The summed E-state index contributed by atoms with van der Waals surface area (Å²) in [5.41, 5.74) is 2.22. The summed E-state index contributed by atoms with van der Waals surface area (Å²) in [5, 5.41) is 1.04. The Morgan fingerprint density at radius 1 is 1.29 bits per heavy atom. The number of hydrogen-bond acceptors (Lipinski definition) is 3. The maximum absolute atomic E-state index is 12.4. The van der Waals surface area contributed by atoms with Crippen molar-refractivity contribution in [1.82, 2.24) is 9.88 Å². The quantitative estimate of drug-likeness (QED) is 0.421. The van der Waals surface area contributed by atoms with E-state index in [1.165, 1.54) is 18.4 Å². The van der Waals surface area contributed by atoms with Crippen LogP contribution >= 0.6 is 0 Å². The lowest BCUT2D eigenvalue weighted by molar-refractivity contribution is -0.138. The number of esters is 1. The number of aromatic nitrogens is 1. The van der Waals surface area contributed by atoms with Crippen LogP contribution in [0.25, 0.3) is 10.9 Å². The zero-order valence-corrected chi connectivity index (χ0v) is 15.4. The summed E-state index contributed by atoms with van der Waals surface area (Å²) < 4.78 is 5.75. The third-order valence-electron chi connectivity index (χ3n) is 4.43. The number of ether oxygens (including phenoxy) is 1. The Hall–Kier alpha value is -1.81. The number of carbonyl (C=O) groups is 1. The van der Waals surface area contributed by atoms with Gasteiger partial charge in [0.1, 0.15) is 5.75 Å². The second-order valence-electron chi connectivity index (χ2n) is 6.86. The minimum Gasteiger partial charge on any atom is -0.426 e. The molecule has 0 fully saturated rings. The van der Waals surface area contributed by atoms with Crippen LogP contribution in [0.15, 0.2) is 24.4 Å². The van der Waals surface area contributed by atoms with Crippen molar-refractivity contribution in [3.63, 3.8) is 0 Å². The van der Waals surface area contributed by atoms with Crippen molar-refractivity contribution >= 4 is 16.9 Å². The smallest absolute Gasteiger partial charge is 0.314 e. The zero-order valence-electron chi connectivity index (χ0n) is 15.4. The molecule has 1 aromatic carbocycles. The van der Waals surface area contributed by atoms with E-state index in [2.05, 4.69) is 30.9 Å². The van der Waals surface area contributed by atoms with Gasteiger partial charge >= 0.3 is 5.97 Å². The number of likely N-dealkylation sites (N-methyl/N-ethyl adjacent to an activating group) is 1. The maximum atomic E-state index is 12.4. The number of H-pyrrole nitrogens is 1. The molecular formula is C20H30N2O2. The number of fused-ring (bicyclic) bond motifs is 1. The number of carbonyl (C=O) groups excluding carboxylic acids is 1. The SMILES string of the molecule is CCCCCC(C)C(=O)Oc1cccc2[nH]cc(CCN(C)C)c12.